The molecule has 0 bridgehead atoms. The fourth-order valence-electron chi connectivity index (χ4n) is 2.77. The molecule has 0 radical (unpaired) electrons. The number of nitrogens with zero attached hydrogens (tertiary/aromatic N) is 1. The van der Waals surface area contributed by atoms with Crippen LogP contribution in [-0.2, 0) is 11.2 Å². The predicted molar refractivity (Wildman–Crippen MR) is 85.0 cm³/mol. The lowest BCUT2D eigenvalue weighted by atomic mass is 10.0. The summed E-state index contributed by atoms with van der Waals surface area (Å²) in [5.74, 6) is -0.0228. The van der Waals surface area contributed by atoms with Crippen molar-refractivity contribution < 1.29 is 9.69 Å². The molecule has 6 heteroatoms. The SMILES string of the molecule is C[C@H]1c2ccsc2CC[NH+]1CC(=O)Nc1cccnc1Cl. The van der Waals surface area contributed by atoms with Crippen molar-refractivity contribution in [1.82, 2.24) is 4.98 Å². The zero-order valence-electron chi connectivity index (χ0n) is 11.7. The smallest absolute Gasteiger partial charge is 0.279 e. The fourth-order valence-corrected chi connectivity index (χ4v) is 3.92. The molecule has 4 nitrogen and oxygen atoms in total. The first-order chi connectivity index (χ1) is 10.1. The van der Waals surface area contributed by atoms with Gasteiger partial charge in [-0.1, -0.05) is 11.6 Å². The van der Waals surface area contributed by atoms with Crippen LogP contribution in [0.3, 0.4) is 0 Å². The van der Waals surface area contributed by atoms with Gasteiger partial charge in [-0.25, -0.2) is 4.98 Å². The summed E-state index contributed by atoms with van der Waals surface area (Å²) < 4.78 is 0. The van der Waals surface area contributed by atoms with Crippen LogP contribution >= 0.6 is 22.9 Å². The van der Waals surface area contributed by atoms with E-state index in [4.69, 9.17) is 11.6 Å². The second kappa shape index (κ2) is 6.13. The molecular formula is C15H17ClN3OS+. The van der Waals surface area contributed by atoms with Gasteiger partial charge >= 0.3 is 0 Å². The number of aromatic nitrogens is 1. The van der Waals surface area contributed by atoms with Crippen LogP contribution in [0.2, 0.25) is 5.15 Å². The van der Waals surface area contributed by atoms with E-state index in [9.17, 15) is 4.79 Å². The van der Waals surface area contributed by atoms with Crippen LogP contribution in [0.15, 0.2) is 29.8 Å². The van der Waals surface area contributed by atoms with Gasteiger partial charge < -0.3 is 10.2 Å². The molecule has 0 aromatic carbocycles. The second-order valence-corrected chi connectivity index (χ2v) is 6.60. The Hall–Kier alpha value is -1.43. The van der Waals surface area contributed by atoms with Gasteiger partial charge in [-0.3, -0.25) is 4.79 Å². The molecule has 2 N–H and O–H groups in total. The van der Waals surface area contributed by atoms with Gasteiger partial charge in [0.25, 0.3) is 5.91 Å². The monoisotopic (exact) mass is 322 g/mol. The third-order valence-electron chi connectivity index (χ3n) is 3.95. The van der Waals surface area contributed by atoms with Gasteiger partial charge in [-0.2, -0.15) is 0 Å². The third kappa shape index (κ3) is 3.10. The lowest BCUT2D eigenvalue weighted by Gasteiger charge is -2.29. The zero-order valence-corrected chi connectivity index (χ0v) is 13.3. The number of quaternary nitrogens is 1. The summed E-state index contributed by atoms with van der Waals surface area (Å²) in [5.41, 5.74) is 1.96. The van der Waals surface area contributed by atoms with Crippen LogP contribution in [0.1, 0.15) is 23.4 Å². The van der Waals surface area contributed by atoms with E-state index in [-0.39, 0.29) is 5.91 Å². The zero-order chi connectivity index (χ0) is 14.8. The lowest BCUT2D eigenvalue weighted by molar-refractivity contribution is -0.923. The topological polar surface area (TPSA) is 46.4 Å². The van der Waals surface area contributed by atoms with E-state index >= 15 is 0 Å². The molecule has 0 saturated carbocycles. The summed E-state index contributed by atoms with van der Waals surface area (Å²) in [4.78, 5) is 18.9. The molecule has 2 atom stereocenters. The van der Waals surface area contributed by atoms with E-state index in [0.29, 0.717) is 23.4 Å². The number of halogens is 1. The molecule has 3 rings (SSSR count). The average molecular weight is 323 g/mol. The summed E-state index contributed by atoms with van der Waals surface area (Å²) in [6.07, 6.45) is 2.65. The Morgan fingerprint density at radius 2 is 2.43 bits per heavy atom. The van der Waals surface area contributed by atoms with Gasteiger partial charge in [0.2, 0.25) is 0 Å². The van der Waals surface area contributed by atoms with Crippen molar-refractivity contribution in [3.63, 3.8) is 0 Å². The van der Waals surface area contributed by atoms with Crippen molar-refractivity contribution in [2.45, 2.75) is 19.4 Å². The minimum atomic E-state index is -0.0228. The summed E-state index contributed by atoms with van der Waals surface area (Å²) in [6, 6.07) is 6.06. The van der Waals surface area contributed by atoms with Crippen LogP contribution in [-0.4, -0.2) is 24.0 Å². The quantitative estimate of drug-likeness (QED) is 0.848. The minimum absolute atomic E-state index is 0.0228. The Labute approximate surface area is 132 Å². The number of pyridine rings is 1. The largest absolute Gasteiger partial charge is 0.321 e. The fraction of sp³-hybridized carbons (Fsp3) is 0.333. The average Bonchev–Trinajstić information content (AvgIpc) is 2.94. The summed E-state index contributed by atoms with van der Waals surface area (Å²) in [5, 5.41) is 5.31. The second-order valence-electron chi connectivity index (χ2n) is 5.25. The highest BCUT2D eigenvalue weighted by atomic mass is 35.5. The highest BCUT2D eigenvalue weighted by Gasteiger charge is 2.29. The Balaban J connectivity index is 1.65. The molecule has 0 saturated heterocycles. The highest BCUT2D eigenvalue weighted by molar-refractivity contribution is 7.10. The molecule has 1 unspecified atom stereocenters. The molecular weight excluding hydrogens is 306 g/mol. The van der Waals surface area contributed by atoms with Crippen LogP contribution < -0.4 is 10.2 Å². The third-order valence-corrected chi connectivity index (χ3v) is 5.25. The van der Waals surface area contributed by atoms with Gasteiger partial charge in [0, 0.05) is 23.1 Å². The molecule has 1 aliphatic rings. The number of nitrogens with one attached hydrogen (secondary N) is 2. The number of hydrogen-bond acceptors (Lipinski definition) is 3. The Kier molecular flexibility index (Phi) is 4.24. The van der Waals surface area contributed by atoms with E-state index < -0.39 is 0 Å². The molecule has 0 fully saturated rings. The molecule has 0 aliphatic carbocycles. The van der Waals surface area contributed by atoms with Crippen molar-refractivity contribution in [2.24, 2.45) is 0 Å². The number of hydrogen-bond donors (Lipinski definition) is 2. The first-order valence-electron chi connectivity index (χ1n) is 6.96. The van der Waals surface area contributed by atoms with Gasteiger partial charge in [-0.15, -0.1) is 11.3 Å². The summed E-state index contributed by atoms with van der Waals surface area (Å²) in [7, 11) is 0. The first-order valence-corrected chi connectivity index (χ1v) is 8.22. The molecule has 2 aromatic heterocycles. The predicted octanol–water partition coefficient (Wildman–Crippen LogP) is 1.94. The van der Waals surface area contributed by atoms with E-state index in [1.165, 1.54) is 15.3 Å². The van der Waals surface area contributed by atoms with E-state index in [0.717, 1.165) is 13.0 Å². The van der Waals surface area contributed by atoms with Crippen LogP contribution in [0.5, 0.6) is 0 Å². The van der Waals surface area contributed by atoms with Crippen molar-refractivity contribution in [3.8, 4) is 0 Å². The van der Waals surface area contributed by atoms with Crippen molar-refractivity contribution in [3.05, 3.63) is 45.4 Å². The molecule has 0 spiro atoms. The minimum Gasteiger partial charge on any atom is -0.321 e. The van der Waals surface area contributed by atoms with Crippen LogP contribution in [0, 0.1) is 0 Å². The molecule has 1 amide bonds. The summed E-state index contributed by atoms with van der Waals surface area (Å²) in [6.45, 7) is 3.62. The number of fused-ring (bicyclic) bond motifs is 1. The normalized spacial score (nSPS) is 20.9. The Bertz CT molecular complexity index is 658. The Morgan fingerprint density at radius 3 is 3.24 bits per heavy atom. The maximum atomic E-state index is 12.2. The molecule has 1 aliphatic heterocycles. The van der Waals surface area contributed by atoms with Crippen LogP contribution in [0.25, 0.3) is 0 Å². The first kappa shape index (κ1) is 14.5. The number of carbonyl (C=O) groups is 1. The van der Waals surface area contributed by atoms with Crippen molar-refractivity contribution in [1.29, 1.82) is 0 Å². The van der Waals surface area contributed by atoms with Crippen LogP contribution in [0.4, 0.5) is 5.69 Å². The van der Waals surface area contributed by atoms with Gasteiger partial charge in [0.15, 0.2) is 11.7 Å². The number of amides is 1. The van der Waals surface area contributed by atoms with E-state index in [1.807, 2.05) is 11.3 Å². The number of rotatable bonds is 3. The van der Waals surface area contributed by atoms with Gasteiger partial charge in [-0.05, 0) is 30.5 Å². The summed E-state index contributed by atoms with van der Waals surface area (Å²) >= 11 is 7.78. The van der Waals surface area contributed by atoms with Crippen molar-refractivity contribution in [2.75, 3.05) is 18.4 Å². The number of carbonyl (C=O) groups excluding carboxylic acids is 1. The molecule has 3 heterocycles. The highest BCUT2D eigenvalue weighted by Crippen LogP contribution is 2.24. The number of anilines is 1. The van der Waals surface area contributed by atoms with Crippen molar-refractivity contribution >= 4 is 34.5 Å². The lowest BCUT2D eigenvalue weighted by Crippen LogP contribution is -3.14. The maximum absolute atomic E-state index is 12.2. The van der Waals surface area contributed by atoms with Gasteiger partial charge in [0.05, 0.1) is 12.2 Å². The molecule has 21 heavy (non-hydrogen) atoms. The van der Waals surface area contributed by atoms with Gasteiger partial charge in [0.1, 0.15) is 6.04 Å². The van der Waals surface area contributed by atoms with E-state index in [2.05, 4.69) is 28.7 Å². The standard InChI is InChI=1S/C15H16ClN3OS/c1-10-11-5-8-21-13(11)4-7-19(10)9-14(20)18-12-3-2-6-17-15(12)16/h2-3,5-6,8,10H,4,7,9H2,1H3,(H,18,20)/p+1/t10-/m0/s1. The molecule has 2 aromatic rings. The Morgan fingerprint density at radius 1 is 1.57 bits per heavy atom. The number of thiophene rings is 1. The maximum Gasteiger partial charge on any atom is 0.279 e. The van der Waals surface area contributed by atoms with E-state index in [1.54, 1.807) is 18.3 Å². The molecule has 110 valence electrons.